The Balaban J connectivity index is 1.68. The van der Waals surface area contributed by atoms with Crippen molar-refractivity contribution in [3.05, 3.63) is 65.5 Å². The third-order valence-electron chi connectivity index (χ3n) is 3.47. The molecular formula is C17H16N2O3. The summed E-state index contributed by atoms with van der Waals surface area (Å²) in [6.07, 6.45) is -0.776. The normalized spacial score (nSPS) is 12.3. The van der Waals surface area contributed by atoms with Crippen molar-refractivity contribution in [1.29, 1.82) is 0 Å². The third-order valence-corrected chi connectivity index (χ3v) is 3.47. The van der Waals surface area contributed by atoms with Gasteiger partial charge in [0, 0.05) is 12.6 Å². The Kier molecular flexibility index (Phi) is 3.89. The van der Waals surface area contributed by atoms with E-state index in [1.807, 2.05) is 42.5 Å². The number of aliphatic hydroxyl groups is 1. The van der Waals surface area contributed by atoms with E-state index in [0.29, 0.717) is 5.76 Å². The third kappa shape index (κ3) is 2.99. The molecule has 0 aliphatic rings. The van der Waals surface area contributed by atoms with Gasteiger partial charge < -0.3 is 14.9 Å². The molecule has 0 radical (unpaired) electrons. The highest BCUT2D eigenvalue weighted by atomic mass is 16.5. The van der Waals surface area contributed by atoms with Gasteiger partial charge in [0.25, 0.3) is 5.91 Å². The highest BCUT2D eigenvalue weighted by molar-refractivity contribution is 5.92. The Hall–Kier alpha value is -2.66. The van der Waals surface area contributed by atoms with Gasteiger partial charge in [-0.25, -0.2) is 0 Å². The fraction of sp³-hybridized carbons (Fsp3) is 0.176. The van der Waals surface area contributed by atoms with E-state index in [-0.39, 0.29) is 18.1 Å². The van der Waals surface area contributed by atoms with Crippen molar-refractivity contribution in [3.63, 3.8) is 0 Å². The lowest BCUT2D eigenvalue weighted by atomic mass is 10.0. The molecule has 0 bridgehead atoms. The summed E-state index contributed by atoms with van der Waals surface area (Å²) in [7, 11) is 0. The molecule has 0 aliphatic carbocycles. The predicted octanol–water partition coefficient (Wildman–Crippen LogP) is 2.60. The monoisotopic (exact) mass is 296 g/mol. The van der Waals surface area contributed by atoms with Crippen molar-refractivity contribution >= 4 is 16.7 Å². The largest absolute Gasteiger partial charge is 0.387 e. The molecule has 112 valence electrons. The first-order valence-electron chi connectivity index (χ1n) is 7.02. The van der Waals surface area contributed by atoms with Gasteiger partial charge in [0.2, 0.25) is 0 Å². The van der Waals surface area contributed by atoms with Crippen LogP contribution in [0.3, 0.4) is 0 Å². The fourth-order valence-electron chi connectivity index (χ4n) is 2.29. The SMILES string of the molecule is Cc1cc(C(=O)NCC(O)c2ccc3ccccc3c2)no1. The van der Waals surface area contributed by atoms with E-state index in [4.69, 9.17) is 4.52 Å². The van der Waals surface area contributed by atoms with E-state index in [1.165, 1.54) is 0 Å². The van der Waals surface area contributed by atoms with Crippen LogP contribution < -0.4 is 5.32 Å². The summed E-state index contributed by atoms with van der Waals surface area (Å²) in [6, 6.07) is 15.2. The highest BCUT2D eigenvalue weighted by Crippen LogP contribution is 2.20. The lowest BCUT2D eigenvalue weighted by Gasteiger charge is -2.12. The van der Waals surface area contributed by atoms with Gasteiger partial charge in [-0.05, 0) is 29.3 Å². The summed E-state index contributed by atoms with van der Waals surface area (Å²) < 4.78 is 4.85. The summed E-state index contributed by atoms with van der Waals surface area (Å²) in [5.41, 5.74) is 0.971. The number of carbonyl (C=O) groups excluding carboxylic acids is 1. The number of nitrogens with one attached hydrogen (secondary N) is 1. The highest BCUT2D eigenvalue weighted by Gasteiger charge is 2.14. The molecule has 3 rings (SSSR count). The first kappa shape index (κ1) is 14.3. The lowest BCUT2D eigenvalue weighted by Crippen LogP contribution is -2.28. The van der Waals surface area contributed by atoms with E-state index < -0.39 is 6.10 Å². The van der Waals surface area contributed by atoms with Gasteiger partial charge in [-0.3, -0.25) is 4.79 Å². The fourth-order valence-corrected chi connectivity index (χ4v) is 2.29. The van der Waals surface area contributed by atoms with Crippen LogP contribution in [-0.2, 0) is 0 Å². The van der Waals surface area contributed by atoms with E-state index >= 15 is 0 Å². The summed E-state index contributed by atoms with van der Waals surface area (Å²) in [4.78, 5) is 11.9. The molecule has 5 heteroatoms. The first-order chi connectivity index (χ1) is 10.6. The van der Waals surface area contributed by atoms with Gasteiger partial charge >= 0.3 is 0 Å². The molecule has 1 aromatic heterocycles. The van der Waals surface area contributed by atoms with Crippen molar-refractivity contribution in [3.8, 4) is 0 Å². The number of carbonyl (C=O) groups is 1. The van der Waals surface area contributed by atoms with Gasteiger partial charge in [0.1, 0.15) is 5.76 Å². The standard InChI is InChI=1S/C17H16N2O3/c1-11-8-15(19-22-11)17(21)18-10-16(20)14-7-6-12-4-2-3-5-13(12)9-14/h2-9,16,20H,10H2,1H3,(H,18,21). The average molecular weight is 296 g/mol. The van der Waals surface area contributed by atoms with Crippen LogP contribution in [0.1, 0.15) is 27.9 Å². The van der Waals surface area contributed by atoms with Crippen LogP contribution in [0, 0.1) is 6.92 Å². The molecule has 22 heavy (non-hydrogen) atoms. The van der Waals surface area contributed by atoms with Crippen molar-refractivity contribution in [1.82, 2.24) is 10.5 Å². The van der Waals surface area contributed by atoms with Crippen LogP contribution in [0.5, 0.6) is 0 Å². The molecule has 0 aliphatic heterocycles. The molecule has 1 atom stereocenters. The van der Waals surface area contributed by atoms with E-state index in [1.54, 1.807) is 13.0 Å². The molecule has 3 aromatic rings. The first-order valence-corrected chi connectivity index (χ1v) is 7.02. The second-order valence-electron chi connectivity index (χ2n) is 5.16. The second-order valence-corrected chi connectivity index (χ2v) is 5.16. The molecule has 2 N–H and O–H groups in total. The number of rotatable bonds is 4. The van der Waals surface area contributed by atoms with Crippen molar-refractivity contribution in [2.24, 2.45) is 0 Å². The smallest absolute Gasteiger partial charge is 0.273 e. The molecule has 0 spiro atoms. The Morgan fingerprint density at radius 2 is 2.00 bits per heavy atom. The number of hydrogen-bond acceptors (Lipinski definition) is 4. The second kappa shape index (κ2) is 5.99. The van der Waals surface area contributed by atoms with Gasteiger partial charge in [0.05, 0.1) is 6.10 Å². The number of amides is 1. The van der Waals surface area contributed by atoms with E-state index in [9.17, 15) is 9.90 Å². The summed E-state index contributed by atoms with van der Waals surface area (Å²) >= 11 is 0. The Morgan fingerprint density at radius 3 is 2.73 bits per heavy atom. The Morgan fingerprint density at radius 1 is 1.23 bits per heavy atom. The zero-order chi connectivity index (χ0) is 15.5. The van der Waals surface area contributed by atoms with Crippen molar-refractivity contribution in [2.75, 3.05) is 6.54 Å². The summed E-state index contributed by atoms with van der Waals surface area (Å²) in [5, 5.41) is 18.7. The van der Waals surface area contributed by atoms with Gasteiger partial charge in [-0.2, -0.15) is 0 Å². The molecule has 2 aromatic carbocycles. The minimum atomic E-state index is -0.776. The van der Waals surface area contributed by atoms with Crippen LogP contribution in [-0.4, -0.2) is 22.7 Å². The molecule has 1 heterocycles. The summed E-state index contributed by atoms with van der Waals surface area (Å²) in [6.45, 7) is 1.83. The molecule has 1 unspecified atom stereocenters. The van der Waals surface area contributed by atoms with Crippen LogP contribution in [0.25, 0.3) is 10.8 Å². The Bertz CT molecular complexity index is 810. The molecule has 0 saturated heterocycles. The van der Waals surface area contributed by atoms with Gasteiger partial charge in [-0.1, -0.05) is 41.6 Å². The van der Waals surface area contributed by atoms with E-state index in [0.717, 1.165) is 16.3 Å². The van der Waals surface area contributed by atoms with Crippen molar-refractivity contribution in [2.45, 2.75) is 13.0 Å². The minimum absolute atomic E-state index is 0.114. The maximum atomic E-state index is 11.9. The maximum absolute atomic E-state index is 11.9. The van der Waals surface area contributed by atoms with Gasteiger partial charge in [-0.15, -0.1) is 0 Å². The number of hydrogen-bond donors (Lipinski definition) is 2. The number of nitrogens with zero attached hydrogens (tertiary/aromatic N) is 1. The number of aryl methyl sites for hydroxylation is 1. The quantitative estimate of drug-likeness (QED) is 0.776. The van der Waals surface area contributed by atoms with Crippen LogP contribution >= 0.6 is 0 Å². The number of aliphatic hydroxyl groups excluding tert-OH is 1. The minimum Gasteiger partial charge on any atom is -0.387 e. The van der Waals surface area contributed by atoms with Crippen LogP contribution in [0.4, 0.5) is 0 Å². The average Bonchev–Trinajstić information content (AvgIpc) is 2.98. The molecule has 0 saturated carbocycles. The van der Waals surface area contributed by atoms with Crippen molar-refractivity contribution < 1.29 is 14.4 Å². The zero-order valence-electron chi connectivity index (χ0n) is 12.1. The van der Waals surface area contributed by atoms with Crippen LogP contribution in [0.2, 0.25) is 0 Å². The predicted molar refractivity (Wildman–Crippen MR) is 82.5 cm³/mol. The number of aromatic nitrogens is 1. The molecule has 5 nitrogen and oxygen atoms in total. The lowest BCUT2D eigenvalue weighted by molar-refractivity contribution is 0.0907. The maximum Gasteiger partial charge on any atom is 0.273 e. The topological polar surface area (TPSA) is 75.4 Å². The molecule has 0 fully saturated rings. The Labute approximate surface area is 127 Å². The molecule has 1 amide bonds. The number of benzene rings is 2. The summed E-state index contributed by atoms with van der Waals surface area (Å²) in [5.74, 6) is 0.205. The zero-order valence-corrected chi connectivity index (χ0v) is 12.1. The van der Waals surface area contributed by atoms with E-state index in [2.05, 4.69) is 10.5 Å². The van der Waals surface area contributed by atoms with Crippen LogP contribution in [0.15, 0.2) is 53.1 Å². The van der Waals surface area contributed by atoms with Gasteiger partial charge in [0.15, 0.2) is 5.69 Å². The molecular weight excluding hydrogens is 280 g/mol. The number of fused-ring (bicyclic) bond motifs is 1.